The average molecular weight is 278 g/mol. The second-order valence-electron chi connectivity index (χ2n) is 5.68. The fraction of sp³-hybridized carbons (Fsp3) is 0.688. The Morgan fingerprint density at radius 3 is 2.70 bits per heavy atom. The van der Waals surface area contributed by atoms with Crippen LogP contribution >= 0.6 is 0 Å². The largest absolute Gasteiger partial charge is 0.496 e. The van der Waals surface area contributed by atoms with E-state index < -0.39 is 0 Å². The molecule has 0 radical (unpaired) electrons. The summed E-state index contributed by atoms with van der Waals surface area (Å²) in [6.45, 7) is 6.34. The van der Waals surface area contributed by atoms with Gasteiger partial charge < -0.3 is 9.84 Å². The molecular weight excluding hydrogens is 252 g/mol. The standard InChI is InChI=1S/C16H26N2O2/c1-12-10-17-15(13(2)16(12)20-3)11-18(14-6-7-14)8-4-5-9-19/h10,14,19H,4-9,11H2,1-3H3. The Hall–Kier alpha value is -1.13. The molecule has 0 unspecified atom stereocenters. The van der Waals surface area contributed by atoms with E-state index in [1.807, 2.05) is 13.1 Å². The molecule has 0 aliphatic heterocycles. The first-order valence-corrected chi connectivity index (χ1v) is 7.51. The summed E-state index contributed by atoms with van der Waals surface area (Å²) in [6.07, 6.45) is 6.42. The van der Waals surface area contributed by atoms with E-state index in [1.165, 1.54) is 12.8 Å². The Kier molecular flexibility index (Phi) is 5.38. The van der Waals surface area contributed by atoms with Crippen LogP contribution < -0.4 is 4.74 Å². The number of aliphatic hydroxyl groups is 1. The minimum absolute atomic E-state index is 0.286. The molecule has 4 nitrogen and oxygen atoms in total. The summed E-state index contributed by atoms with van der Waals surface area (Å²) in [6, 6.07) is 0.710. The van der Waals surface area contributed by atoms with Gasteiger partial charge in [-0.1, -0.05) is 0 Å². The molecule has 0 aromatic carbocycles. The van der Waals surface area contributed by atoms with E-state index in [9.17, 15) is 0 Å². The normalized spacial score (nSPS) is 14.8. The van der Waals surface area contributed by atoms with Crippen molar-refractivity contribution in [1.29, 1.82) is 0 Å². The topological polar surface area (TPSA) is 45.6 Å². The zero-order chi connectivity index (χ0) is 14.5. The number of nitrogens with zero attached hydrogens (tertiary/aromatic N) is 2. The van der Waals surface area contributed by atoms with Gasteiger partial charge in [0.15, 0.2) is 0 Å². The van der Waals surface area contributed by atoms with E-state index in [-0.39, 0.29) is 6.61 Å². The van der Waals surface area contributed by atoms with Gasteiger partial charge >= 0.3 is 0 Å². The van der Waals surface area contributed by atoms with Crippen molar-refractivity contribution in [2.24, 2.45) is 0 Å². The molecule has 20 heavy (non-hydrogen) atoms. The molecular formula is C16H26N2O2. The smallest absolute Gasteiger partial charge is 0.128 e. The van der Waals surface area contributed by atoms with Gasteiger partial charge in [0.05, 0.1) is 12.8 Å². The van der Waals surface area contributed by atoms with Crippen molar-refractivity contribution in [2.45, 2.75) is 52.1 Å². The molecule has 112 valence electrons. The molecule has 1 fully saturated rings. The van der Waals surface area contributed by atoms with E-state index in [1.54, 1.807) is 7.11 Å². The fourth-order valence-electron chi connectivity index (χ4n) is 2.68. The molecule has 1 N–H and O–H groups in total. The Balaban J connectivity index is 2.06. The van der Waals surface area contributed by atoms with Gasteiger partial charge in [-0.15, -0.1) is 0 Å². The summed E-state index contributed by atoms with van der Waals surface area (Å²) in [4.78, 5) is 7.09. The molecule has 0 amide bonds. The quantitative estimate of drug-likeness (QED) is 0.742. The molecule has 1 saturated carbocycles. The predicted molar refractivity (Wildman–Crippen MR) is 80.0 cm³/mol. The van der Waals surface area contributed by atoms with Crippen LogP contribution in [0.25, 0.3) is 0 Å². The highest BCUT2D eigenvalue weighted by Crippen LogP contribution is 2.30. The maximum Gasteiger partial charge on any atom is 0.128 e. The van der Waals surface area contributed by atoms with E-state index in [0.29, 0.717) is 6.04 Å². The first-order valence-electron chi connectivity index (χ1n) is 7.51. The molecule has 1 aromatic heterocycles. The van der Waals surface area contributed by atoms with Gasteiger partial charge in [0.2, 0.25) is 0 Å². The third-order valence-electron chi connectivity index (χ3n) is 4.02. The first kappa shape index (κ1) is 15.3. The Bertz CT molecular complexity index is 444. The number of methoxy groups -OCH3 is 1. The Morgan fingerprint density at radius 1 is 1.35 bits per heavy atom. The van der Waals surface area contributed by atoms with E-state index in [4.69, 9.17) is 9.84 Å². The lowest BCUT2D eigenvalue weighted by molar-refractivity contribution is 0.226. The third-order valence-corrected chi connectivity index (χ3v) is 4.02. The van der Waals surface area contributed by atoms with Crippen molar-refractivity contribution in [1.82, 2.24) is 9.88 Å². The first-order chi connectivity index (χ1) is 9.67. The predicted octanol–water partition coefficient (Wildman–Crippen LogP) is 2.44. The van der Waals surface area contributed by atoms with Gasteiger partial charge in [-0.3, -0.25) is 9.88 Å². The maximum atomic E-state index is 8.92. The summed E-state index contributed by atoms with van der Waals surface area (Å²) >= 11 is 0. The number of aliphatic hydroxyl groups excluding tert-OH is 1. The lowest BCUT2D eigenvalue weighted by atomic mass is 10.1. The molecule has 2 rings (SSSR count). The lowest BCUT2D eigenvalue weighted by Gasteiger charge is -2.23. The molecule has 1 aliphatic carbocycles. The van der Waals surface area contributed by atoms with Crippen LogP contribution in [0.4, 0.5) is 0 Å². The number of rotatable bonds is 8. The zero-order valence-corrected chi connectivity index (χ0v) is 12.9. The van der Waals surface area contributed by atoms with Gasteiger partial charge in [-0.25, -0.2) is 0 Å². The van der Waals surface area contributed by atoms with E-state index >= 15 is 0 Å². The monoisotopic (exact) mass is 278 g/mol. The number of hydrogen-bond acceptors (Lipinski definition) is 4. The number of unbranched alkanes of at least 4 members (excludes halogenated alkanes) is 1. The van der Waals surface area contributed by atoms with Crippen LogP contribution in [0.5, 0.6) is 5.75 Å². The molecule has 1 aliphatic rings. The van der Waals surface area contributed by atoms with Gasteiger partial charge in [-0.05, 0) is 46.1 Å². The molecule has 0 bridgehead atoms. The van der Waals surface area contributed by atoms with Gasteiger partial charge in [0.1, 0.15) is 5.75 Å². The molecule has 4 heteroatoms. The minimum Gasteiger partial charge on any atom is -0.496 e. The van der Waals surface area contributed by atoms with E-state index in [0.717, 1.165) is 48.5 Å². The SMILES string of the molecule is COc1c(C)cnc(CN(CCCCO)C2CC2)c1C. The van der Waals surface area contributed by atoms with Crippen LogP contribution in [0.3, 0.4) is 0 Å². The van der Waals surface area contributed by atoms with Crippen molar-refractivity contribution in [3.63, 3.8) is 0 Å². The highest BCUT2D eigenvalue weighted by molar-refractivity contribution is 5.41. The highest BCUT2D eigenvalue weighted by atomic mass is 16.5. The third kappa shape index (κ3) is 3.70. The van der Waals surface area contributed by atoms with Crippen LogP contribution in [0, 0.1) is 13.8 Å². The lowest BCUT2D eigenvalue weighted by Crippen LogP contribution is -2.27. The maximum absolute atomic E-state index is 8.92. The number of ether oxygens (including phenoxy) is 1. The van der Waals surface area contributed by atoms with Gasteiger partial charge in [0.25, 0.3) is 0 Å². The molecule has 1 aromatic rings. The van der Waals surface area contributed by atoms with Crippen molar-refractivity contribution in [2.75, 3.05) is 20.3 Å². The zero-order valence-electron chi connectivity index (χ0n) is 12.9. The van der Waals surface area contributed by atoms with Crippen molar-refractivity contribution in [3.8, 4) is 5.75 Å². The summed E-state index contributed by atoms with van der Waals surface area (Å²) in [5.74, 6) is 0.959. The number of pyridine rings is 1. The van der Waals surface area contributed by atoms with E-state index in [2.05, 4.69) is 16.8 Å². The van der Waals surface area contributed by atoms with Crippen LogP contribution in [0.2, 0.25) is 0 Å². The molecule has 0 atom stereocenters. The summed E-state index contributed by atoms with van der Waals surface area (Å²) in [5.41, 5.74) is 3.36. The minimum atomic E-state index is 0.286. The summed E-state index contributed by atoms with van der Waals surface area (Å²) in [5, 5.41) is 8.92. The Labute approximate surface area is 121 Å². The molecule has 0 spiro atoms. The second kappa shape index (κ2) is 7.04. The average Bonchev–Trinajstić information content (AvgIpc) is 3.25. The van der Waals surface area contributed by atoms with Crippen LogP contribution in [0.1, 0.15) is 42.5 Å². The number of aryl methyl sites for hydroxylation is 1. The highest BCUT2D eigenvalue weighted by Gasteiger charge is 2.29. The molecule has 0 saturated heterocycles. The Morgan fingerprint density at radius 2 is 2.10 bits per heavy atom. The van der Waals surface area contributed by atoms with Crippen LogP contribution in [-0.4, -0.2) is 41.3 Å². The van der Waals surface area contributed by atoms with Gasteiger partial charge in [-0.2, -0.15) is 0 Å². The van der Waals surface area contributed by atoms with Crippen LogP contribution in [-0.2, 0) is 6.54 Å². The second-order valence-corrected chi connectivity index (χ2v) is 5.68. The fourth-order valence-corrected chi connectivity index (χ4v) is 2.68. The molecule has 1 heterocycles. The summed E-state index contributed by atoms with van der Waals surface area (Å²) < 4.78 is 5.48. The van der Waals surface area contributed by atoms with Crippen molar-refractivity contribution in [3.05, 3.63) is 23.0 Å². The van der Waals surface area contributed by atoms with Crippen molar-refractivity contribution < 1.29 is 9.84 Å². The van der Waals surface area contributed by atoms with Crippen LogP contribution in [0.15, 0.2) is 6.20 Å². The van der Waals surface area contributed by atoms with Crippen molar-refractivity contribution >= 4 is 0 Å². The van der Waals surface area contributed by atoms with Gasteiger partial charge in [0, 0.05) is 36.5 Å². The number of hydrogen-bond donors (Lipinski definition) is 1. The number of aromatic nitrogens is 1. The summed E-state index contributed by atoms with van der Waals surface area (Å²) in [7, 11) is 1.72.